The third kappa shape index (κ3) is 10.5. The fourth-order valence-electron chi connectivity index (χ4n) is 5.58. The summed E-state index contributed by atoms with van der Waals surface area (Å²) in [5.74, 6) is 1.70. The van der Waals surface area contributed by atoms with E-state index < -0.39 is 0 Å². The molecule has 0 spiro atoms. The smallest absolute Gasteiger partial charge is 0.119 e. The van der Waals surface area contributed by atoms with Crippen molar-refractivity contribution in [3.8, 4) is 11.5 Å². The van der Waals surface area contributed by atoms with E-state index in [2.05, 4.69) is 89.5 Å². The SMILES string of the molecule is OCCCC[NH2+]Cc1ccc(OCCOCCOCCOc2ccc(C[NH2+]Cc3c4ccccc4cc4ccccc34)cc2)cc1. The highest BCUT2D eigenvalue weighted by Crippen LogP contribution is 2.27. The van der Waals surface area contributed by atoms with E-state index in [-0.39, 0.29) is 6.61 Å². The van der Waals surface area contributed by atoms with Crippen LogP contribution in [-0.2, 0) is 29.1 Å². The van der Waals surface area contributed by atoms with E-state index in [0.29, 0.717) is 39.6 Å². The molecule has 0 aliphatic carbocycles. The van der Waals surface area contributed by atoms with Crippen molar-refractivity contribution >= 4 is 21.5 Å². The van der Waals surface area contributed by atoms with Crippen LogP contribution in [0.5, 0.6) is 11.5 Å². The van der Waals surface area contributed by atoms with Gasteiger partial charge in [-0.1, -0.05) is 48.5 Å². The summed E-state index contributed by atoms with van der Waals surface area (Å²) in [4.78, 5) is 0. The van der Waals surface area contributed by atoms with E-state index in [1.807, 2.05) is 24.3 Å². The normalized spacial score (nSPS) is 11.3. The average molecular weight is 625 g/mol. The van der Waals surface area contributed by atoms with E-state index in [0.717, 1.165) is 50.5 Å². The van der Waals surface area contributed by atoms with Gasteiger partial charge in [-0.05, 0) is 89.0 Å². The molecule has 0 aromatic heterocycles. The van der Waals surface area contributed by atoms with Crippen molar-refractivity contribution in [2.24, 2.45) is 0 Å². The van der Waals surface area contributed by atoms with Gasteiger partial charge < -0.3 is 34.7 Å². The van der Waals surface area contributed by atoms with Crippen LogP contribution in [0.25, 0.3) is 21.5 Å². The lowest BCUT2D eigenvalue weighted by Crippen LogP contribution is -2.82. The zero-order chi connectivity index (χ0) is 31.7. The third-order valence-electron chi connectivity index (χ3n) is 8.02. The topological polar surface area (TPSA) is 90.4 Å². The molecule has 0 bridgehead atoms. The minimum Gasteiger partial charge on any atom is -0.491 e. The van der Waals surface area contributed by atoms with Crippen LogP contribution in [0.3, 0.4) is 0 Å². The van der Waals surface area contributed by atoms with E-state index >= 15 is 0 Å². The Balaban J connectivity index is 0.902. The molecule has 0 aliphatic heterocycles. The van der Waals surface area contributed by atoms with Crippen molar-refractivity contribution in [1.82, 2.24) is 0 Å². The lowest BCUT2D eigenvalue weighted by atomic mass is 9.97. The molecule has 5 aromatic rings. The van der Waals surface area contributed by atoms with Gasteiger partial charge in [0, 0.05) is 23.3 Å². The van der Waals surface area contributed by atoms with Crippen LogP contribution in [0.4, 0.5) is 0 Å². The summed E-state index contributed by atoms with van der Waals surface area (Å²) in [5, 5.41) is 18.7. The summed E-state index contributed by atoms with van der Waals surface area (Å²) in [6.07, 6.45) is 1.91. The zero-order valence-corrected chi connectivity index (χ0v) is 26.7. The molecular formula is C39H48N2O5+2. The number of ether oxygens (including phenoxy) is 4. The summed E-state index contributed by atoms with van der Waals surface area (Å²) in [7, 11) is 0. The van der Waals surface area contributed by atoms with Crippen molar-refractivity contribution in [2.75, 3.05) is 52.8 Å². The van der Waals surface area contributed by atoms with Crippen LogP contribution in [-0.4, -0.2) is 57.9 Å². The number of benzene rings is 5. The Bertz CT molecular complexity index is 1540. The largest absolute Gasteiger partial charge is 0.491 e. The maximum Gasteiger partial charge on any atom is 0.119 e. The first-order valence-corrected chi connectivity index (χ1v) is 16.5. The summed E-state index contributed by atoms with van der Waals surface area (Å²) in [6.45, 7) is 7.16. The number of hydrogen-bond donors (Lipinski definition) is 3. The quantitative estimate of drug-likeness (QED) is 0.0822. The second-order valence-electron chi connectivity index (χ2n) is 11.4. The molecule has 242 valence electrons. The fourth-order valence-corrected chi connectivity index (χ4v) is 5.58. The molecule has 5 aromatic carbocycles. The first-order chi connectivity index (χ1) is 22.8. The number of aliphatic hydroxyl groups is 1. The van der Waals surface area contributed by atoms with Gasteiger partial charge in [0.1, 0.15) is 44.3 Å². The molecule has 0 saturated carbocycles. The van der Waals surface area contributed by atoms with Crippen LogP contribution in [0, 0.1) is 0 Å². The summed E-state index contributed by atoms with van der Waals surface area (Å²) < 4.78 is 22.9. The van der Waals surface area contributed by atoms with Gasteiger partial charge in [-0.3, -0.25) is 0 Å². The van der Waals surface area contributed by atoms with Crippen molar-refractivity contribution in [3.63, 3.8) is 0 Å². The van der Waals surface area contributed by atoms with E-state index in [1.165, 1.54) is 38.2 Å². The summed E-state index contributed by atoms with van der Waals surface area (Å²) in [6, 6.07) is 36.2. The van der Waals surface area contributed by atoms with Crippen molar-refractivity contribution in [3.05, 3.63) is 120 Å². The minimum atomic E-state index is 0.272. The highest BCUT2D eigenvalue weighted by molar-refractivity contribution is 6.02. The van der Waals surface area contributed by atoms with Crippen LogP contribution < -0.4 is 20.1 Å². The standard InChI is InChI=1S/C39H46N2O5/c42-20-6-5-19-40-28-31-11-15-35(16-12-31)45-25-23-43-21-22-44-24-26-46-36-17-13-32(14-18-36)29-41-30-39-37-9-3-1-7-33(37)27-34-8-2-4-10-38(34)39/h1-4,7-18,27,40-42H,5-6,19-26,28-30H2/p+2. The fraction of sp³-hybridized carbons (Fsp3) is 0.333. The lowest BCUT2D eigenvalue weighted by molar-refractivity contribution is -0.685. The second kappa shape index (κ2) is 18.9. The summed E-state index contributed by atoms with van der Waals surface area (Å²) >= 11 is 0. The van der Waals surface area contributed by atoms with Crippen LogP contribution in [0.15, 0.2) is 103 Å². The van der Waals surface area contributed by atoms with Gasteiger partial charge in [-0.2, -0.15) is 0 Å². The van der Waals surface area contributed by atoms with Gasteiger partial charge in [-0.15, -0.1) is 0 Å². The zero-order valence-electron chi connectivity index (χ0n) is 26.7. The van der Waals surface area contributed by atoms with Gasteiger partial charge in [0.25, 0.3) is 0 Å². The molecule has 7 nitrogen and oxygen atoms in total. The van der Waals surface area contributed by atoms with Gasteiger partial charge >= 0.3 is 0 Å². The molecule has 0 aliphatic rings. The number of quaternary nitrogens is 2. The Morgan fingerprint density at radius 1 is 0.500 bits per heavy atom. The molecule has 7 heteroatoms. The molecule has 0 unspecified atom stereocenters. The predicted molar refractivity (Wildman–Crippen MR) is 183 cm³/mol. The Hall–Kier alpha value is -3.98. The van der Waals surface area contributed by atoms with Gasteiger partial charge in [0.15, 0.2) is 0 Å². The number of rotatable bonds is 21. The molecule has 0 radical (unpaired) electrons. The average Bonchev–Trinajstić information content (AvgIpc) is 3.10. The molecule has 46 heavy (non-hydrogen) atoms. The van der Waals surface area contributed by atoms with E-state index in [4.69, 9.17) is 24.1 Å². The Kier molecular flexibility index (Phi) is 13.7. The van der Waals surface area contributed by atoms with Crippen LogP contribution in [0.2, 0.25) is 0 Å². The van der Waals surface area contributed by atoms with Crippen molar-refractivity contribution < 1.29 is 34.7 Å². The number of hydrogen-bond acceptors (Lipinski definition) is 5. The predicted octanol–water partition coefficient (Wildman–Crippen LogP) is 4.58. The second-order valence-corrected chi connectivity index (χ2v) is 11.4. The maximum absolute atomic E-state index is 8.84. The number of aliphatic hydroxyl groups excluding tert-OH is 1. The third-order valence-corrected chi connectivity index (χ3v) is 8.02. The minimum absolute atomic E-state index is 0.272. The molecule has 0 atom stereocenters. The highest BCUT2D eigenvalue weighted by Gasteiger charge is 2.09. The first-order valence-electron chi connectivity index (χ1n) is 16.5. The first kappa shape index (κ1) is 33.4. The van der Waals surface area contributed by atoms with Gasteiger partial charge in [0.05, 0.1) is 33.0 Å². The molecule has 0 heterocycles. The highest BCUT2D eigenvalue weighted by atomic mass is 16.6. The summed E-state index contributed by atoms with van der Waals surface area (Å²) in [5.41, 5.74) is 3.93. The van der Waals surface area contributed by atoms with Crippen molar-refractivity contribution in [1.29, 1.82) is 0 Å². The number of nitrogens with two attached hydrogens (primary N) is 2. The number of unbranched alkanes of at least 4 members (excludes halogenated alkanes) is 1. The molecule has 5 rings (SSSR count). The Morgan fingerprint density at radius 2 is 1.00 bits per heavy atom. The molecule has 5 N–H and O–H groups in total. The van der Waals surface area contributed by atoms with Crippen molar-refractivity contribution in [2.45, 2.75) is 32.5 Å². The van der Waals surface area contributed by atoms with Gasteiger partial charge in [-0.25, -0.2) is 0 Å². The van der Waals surface area contributed by atoms with Crippen LogP contribution in [0.1, 0.15) is 29.5 Å². The van der Waals surface area contributed by atoms with Gasteiger partial charge in [0.2, 0.25) is 0 Å². The monoisotopic (exact) mass is 624 g/mol. The molecular weight excluding hydrogens is 576 g/mol. The molecule has 0 amide bonds. The maximum atomic E-state index is 8.84. The lowest BCUT2D eigenvalue weighted by Gasteiger charge is -2.11. The van der Waals surface area contributed by atoms with E-state index in [9.17, 15) is 0 Å². The Morgan fingerprint density at radius 3 is 1.54 bits per heavy atom. The Labute approximate surface area is 272 Å². The molecule has 0 saturated heterocycles. The number of fused-ring (bicyclic) bond motifs is 2. The molecule has 0 fully saturated rings. The van der Waals surface area contributed by atoms with E-state index in [1.54, 1.807) is 0 Å². The van der Waals surface area contributed by atoms with Crippen LogP contribution >= 0.6 is 0 Å².